The minimum atomic E-state index is -3.51. The lowest BCUT2D eigenvalue weighted by molar-refractivity contribution is 0.348. The molecule has 2 aromatic rings. The number of halogens is 1. The Morgan fingerprint density at radius 2 is 2.04 bits per heavy atom. The lowest BCUT2D eigenvalue weighted by Crippen LogP contribution is -2.32. The third-order valence-corrected chi connectivity index (χ3v) is 8.13. The highest BCUT2D eigenvalue weighted by Crippen LogP contribution is 2.47. The number of nitrogens with zero attached hydrogens (tertiary/aromatic N) is 1. The van der Waals surface area contributed by atoms with Gasteiger partial charge >= 0.3 is 0 Å². The van der Waals surface area contributed by atoms with E-state index in [1.54, 1.807) is 16.4 Å². The Bertz CT molecular complexity index is 822. The highest BCUT2D eigenvalue weighted by atomic mass is 35.5. The van der Waals surface area contributed by atoms with Crippen LogP contribution in [-0.4, -0.2) is 18.8 Å². The van der Waals surface area contributed by atoms with Crippen LogP contribution in [-0.2, 0) is 16.6 Å². The summed E-state index contributed by atoms with van der Waals surface area (Å²) in [5.41, 5.74) is 0. The quantitative estimate of drug-likeness (QED) is 0.752. The summed E-state index contributed by atoms with van der Waals surface area (Å²) < 4.78 is 34.0. The Kier molecular flexibility index (Phi) is 3.83. The van der Waals surface area contributed by atoms with Gasteiger partial charge in [0.15, 0.2) is 0 Å². The summed E-state index contributed by atoms with van der Waals surface area (Å²) in [6, 6.07) is 7.19. The van der Waals surface area contributed by atoms with Crippen molar-refractivity contribution >= 4 is 33.0 Å². The molecule has 2 saturated carbocycles. The van der Waals surface area contributed by atoms with Crippen molar-refractivity contribution in [1.82, 2.24) is 4.31 Å². The highest BCUT2D eigenvalue weighted by molar-refractivity contribution is 7.91. The van der Waals surface area contributed by atoms with Crippen molar-refractivity contribution in [3.05, 3.63) is 40.1 Å². The molecule has 0 aliphatic heterocycles. The monoisotopic (exact) mass is 371 g/mol. The fraction of sp³-hybridized carbons (Fsp3) is 0.500. The molecular formula is C16H18ClNO3S2. The second-order valence-corrected chi connectivity index (χ2v) is 10.3. The second kappa shape index (κ2) is 5.62. The number of thiophene rings is 1. The predicted molar refractivity (Wildman–Crippen MR) is 90.3 cm³/mol. The molecule has 7 heteroatoms. The third kappa shape index (κ3) is 3.09. The molecule has 2 atom stereocenters. The molecule has 0 saturated heterocycles. The van der Waals surface area contributed by atoms with Crippen molar-refractivity contribution in [3.8, 4) is 0 Å². The molecule has 0 bridgehead atoms. The van der Waals surface area contributed by atoms with Gasteiger partial charge in [-0.2, -0.15) is 4.31 Å². The van der Waals surface area contributed by atoms with Gasteiger partial charge in [0.1, 0.15) is 15.7 Å². The van der Waals surface area contributed by atoms with E-state index >= 15 is 0 Å². The molecule has 0 spiro atoms. The van der Waals surface area contributed by atoms with Crippen LogP contribution in [0.4, 0.5) is 0 Å². The molecule has 2 aliphatic rings. The molecule has 0 amide bonds. The fourth-order valence-electron chi connectivity index (χ4n) is 2.88. The SMILES string of the molecule is C[C@H]1C[C@@H]1c1ccc(CN(C2CC2)S(=O)(=O)c2ccc(Cl)s2)o1. The molecular weight excluding hydrogens is 354 g/mol. The van der Waals surface area contributed by atoms with Crippen molar-refractivity contribution in [3.63, 3.8) is 0 Å². The number of rotatable bonds is 6. The fourth-order valence-corrected chi connectivity index (χ4v) is 6.14. The number of hydrogen-bond acceptors (Lipinski definition) is 4. The van der Waals surface area contributed by atoms with Crippen LogP contribution in [0.3, 0.4) is 0 Å². The third-order valence-electron chi connectivity index (χ3n) is 4.53. The van der Waals surface area contributed by atoms with Crippen LogP contribution < -0.4 is 0 Å². The zero-order valence-corrected chi connectivity index (χ0v) is 15.1. The van der Waals surface area contributed by atoms with Crippen LogP contribution >= 0.6 is 22.9 Å². The van der Waals surface area contributed by atoms with Crippen LogP contribution in [0, 0.1) is 5.92 Å². The van der Waals surface area contributed by atoms with E-state index in [0.717, 1.165) is 42.1 Å². The summed E-state index contributed by atoms with van der Waals surface area (Å²) in [5.74, 6) is 2.88. The predicted octanol–water partition coefficient (Wildman–Crippen LogP) is 4.47. The zero-order valence-electron chi connectivity index (χ0n) is 12.7. The molecule has 0 radical (unpaired) electrons. The van der Waals surface area contributed by atoms with E-state index in [1.807, 2.05) is 12.1 Å². The van der Waals surface area contributed by atoms with Gasteiger partial charge in [-0.1, -0.05) is 18.5 Å². The molecule has 0 N–H and O–H groups in total. The lowest BCUT2D eigenvalue weighted by Gasteiger charge is -2.19. The van der Waals surface area contributed by atoms with Crippen LogP contribution in [0.25, 0.3) is 0 Å². The van der Waals surface area contributed by atoms with Gasteiger partial charge < -0.3 is 4.42 Å². The minimum Gasteiger partial charge on any atom is -0.464 e. The normalized spacial score (nSPS) is 24.3. The lowest BCUT2D eigenvalue weighted by atomic mass is 10.3. The summed E-state index contributed by atoms with van der Waals surface area (Å²) in [6.07, 6.45) is 2.97. The summed E-state index contributed by atoms with van der Waals surface area (Å²) >= 11 is 7.01. The maximum absolute atomic E-state index is 12.9. The van der Waals surface area contributed by atoms with Gasteiger partial charge in [0.05, 0.1) is 10.9 Å². The molecule has 0 unspecified atom stereocenters. The van der Waals surface area contributed by atoms with E-state index in [9.17, 15) is 8.42 Å². The van der Waals surface area contributed by atoms with Crippen LogP contribution in [0.2, 0.25) is 4.34 Å². The van der Waals surface area contributed by atoms with E-state index in [2.05, 4.69) is 6.92 Å². The molecule has 4 rings (SSSR count). The standard InChI is InChI=1S/C16H18ClNO3S2/c1-10-8-13(10)14-5-4-12(21-14)9-18(11-2-3-11)23(19,20)16-7-6-15(17)22-16/h4-7,10-11,13H,2-3,8-9H2,1H3/t10-,13-/m0/s1. The van der Waals surface area contributed by atoms with E-state index < -0.39 is 10.0 Å². The molecule has 2 heterocycles. The van der Waals surface area contributed by atoms with E-state index in [4.69, 9.17) is 16.0 Å². The van der Waals surface area contributed by atoms with Gasteiger partial charge in [0.2, 0.25) is 0 Å². The van der Waals surface area contributed by atoms with Crippen LogP contribution in [0.15, 0.2) is 32.9 Å². The van der Waals surface area contributed by atoms with Crippen LogP contribution in [0.5, 0.6) is 0 Å². The first-order valence-electron chi connectivity index (χ1n) is 7.81. The number of hydrogen-bond donors (Lipinski definition) is 0. The summed E-state index contributed by atoms with van der Waals surface area (Å²) in [5, 5.41) is 0. The molecule has 2 aromatic heterocycles. The Labute approximate surface area is 145 Å². The smallest absolute Gasteiger partial charge is 0.253 e. The average Bonchev–Trinajstić information content (AvgIpc) is 3.37. The molecule has 4 nitrogen and oxygen atoms in total. The summed E-state index contributed by atoms with van der Waals surface area (Å²) in [7, 11) is -3.51. The highest BCUT2D eigenvalue weighted by Gasteiger charge is 2.40. The molecule has 0 aromatic carbocycles. The van der Waals surface area contributed by atoms with Crippen molar-refractivity contribution < 1.29 is 12.8 Å². The van der Waals surface area contributed by atoms with Gasteiger partial charge in [-0.25, -0.2) is 8.42 Å². The molecule has 124 valence electrons. The van der Waals surface area contributed by atoms with Gasteiger partial charge in [-0.15, -0.1) is 11.3 Å². The summed E-state index contributed by atoms with van der Waals surface area (Å²) in [6.45, 7) is 2.50. The van der Waals surface area contributed by atoms with E-state index in [1.165, 1.54) is 0 Å². The molecule has 23 heavy (non-hydrogen) atoms. The second-order valence-electron chi connectivity index (χ2n) is 6.46. The van der Waals surface area contributed by atoms with Gasteiger partial charge in [0.25, 0.3) is 10.0 Å². The first kappa shape index (κ1) is 15.7. The zero-order chi connectivity index (χ0) is 16.2. The van der Waals surface area contributed by atoms with Gasteiger partial charge in [-0.3, -0.25) is 0 Å². The maximum Gasteiger partial charge on any atom is 0.253 e. The maximum atomic E-state index is 12.9. The molecule has 2 aliphatic carbocycles. The summed E-state index contributed by atoms with van der Waals surface area (Å²) in [4.78, 5) is 0. The van der Waals surface area contributed by atoms with Crippen molar-refractivity contribution in [2.45, 2.75) is 48.9 Å². The van der Waals surface area contributed by atoms with Gasteiger partial charge in [-0.05, 0) is 49.4 Å². The van der Waals surface area contributed by atoms with Crippen molar-refractivity contribution in [2.75, 3.05) is 0 Å². The molecule has 2 fully saturated rings. The Morgan fingerprint density at radius 3 is 2.61 bits per heavy atom. The number of furan rings is 1. The Hall–Kier alpha value is -0.820. The van der Waals surface area contributed by atoms with Crippen LogP contribution in [0.1, 0.15) is 43.6 Å². The topological polar surface area (TPSA) is 50.5 Å². The van der Waals surface area contributed by atoms with Crippen molar-refractivity contribution in [1.29, 1.82) is 0 Å². The van der Waals surface area contributed by atoms with Crippen molar-refractivity contribution in [2.24, 2.45) is 5.92 Å². The Balaban J connectivity index is 1.57. The van der Waals surface area contributed by atoms with Gasteiger partial charge in [0, 0.05) is 12.0 Å². The Morgan fingerprint density at radius 1 is 1.30 bits per heavy atom. The first-order valence-corrected chi connectivity index (χ1v) is 10.4. The number of sulfonamides is 1. The van der Waals surface area contributed by atoms with E-state index in [0.29, 0.717) is 26.9 Å². The minimum absolute atomic E-state index is 0.0780. The van der Waals surface area contributed by atoms with E-state index in [-0.39, 0.29) is 6.04 Å². The average molecular weight is 372 g/mol. The first-order chi connectivity index (χ1) is 10.9. The largest absolute Gasteiger partial charge is 0.464 e.